The van der Waals surface area contributed by atoms with Crippen LogP contribution < -0.4 is 0 Å². The van der Waals surface area contributed by atoms with Crippen LogP contribution in [-0.4, -0.2) is 10.5 Å². The van der Waals surface area contributed by atoms with E-state index >= 15 is 0 Å². The lowest BCUT2D eigenvalue weighted by atomic mass is 10.3. The summed E-state index contributed by atoms with van der Waals surface area (Å²) in [5.74, 6) is 0. The van der Waals surface area contributed by atoms with Gasteiger partial charge in [-0.25, -0.2) is 0 Å². The van der Waals surface area contributed by atoms with Crippen LogP contribution >= 0.6 is 23.2 Å². The summed E-state index contributed by atoms with van der Waals surface area (Å²) in [6, 6.07) is 0. The maximum atomic E-state index is 11.7. The molecule has 0 saturated carbocycles. The van der Waals surface area contributed by atoms with Gasteiger partial charge in [-0.1, -0.05) is 29.3 Å². The number of alkyl halides is 5. The number of hydrogen-bond donors (Lipinski definition) is 0. The van der Waals surface area contributed by atoms with Gasteiger partial charge in [0.05, 0.1) is 0 Å². The van der Waals surface area contributed by atoms with Crippen molar-refractivity contribution in [3.63, 3.8) is 0 Å². The fourth-order valence-electron chi connectivity index (χ4n) is 0.297. The van der Waals surface area contributed by atoms with Crippen molar-refractivity contribution in [1.82, 2.24) is 0 Å². The molecular weight excluding hydrogens is 188 g/mol. The fraction of sp³-hybridized carbons (Fsp3) is 0.600. The molecule has 0 amide bonds. The van der Waals surface area contributed by atoms with Gasteiger partial charge in [-0.2, -0.15) is 13.2 Å². The molecule has 0 bridgehead atoms. The van der Waals surface area contributed by atoms with Crippen LogP contribution in [0.5, 0.6) is 0 Å². The molecule has 0 aromatic rings. The molecule has 0 aliphatic rings. The summed E-state index contributed by atoms with van der Waals surface area (Å²) < 4.78 is 32.4. The minimum Gasteiger partial charge on any atom is -0.168 e. The third-order valence-corrected chi connectivity index (χ3v) is 1.55. The normalized spacial score (nSPS) is 13.3. The molecule has 0 fully saturated rings. The van der Waals surface area contributed by atoms with Crippen LogP contribution in [0.25, 0.3) is 0 Å². The first kappa shape index (κ1) is 10.1. The smallest absolute Gasteiger partial charge is 0.168 e. The van der Waals surface area contributed by atoms with Gasteiger partial charge in [0.2, 0.25) is 4.33 Å². The van der Waals surface area contributed by atoms with E-state index in [-0.39, 0.29) is 0 Å². The Morgan fingerprint density at radius 1 is 1.30 bits per heavy atom. The van der Waals surface area contributed by atoms with Gasteiger partial charge in [-0.05, 0) is 0 Å². The first-order chi connectivity index (χ1) is 4.31. The van der Waals surface area contributed by atoms with Crippen LogP contribution in [0.3, 0.4) is 0 Å². The maximum absolute atomic E-state index is 11.7. The second-order valence-corrected chi connectivity index (χ2v) is 3.18. The highest BCUT2D eigenvalue weighted by molar-refractivity contribution is 6.49. The molecular formula is C5H5Cl2F3. The van der Waals surface area contributed by atoms with Crippen LogP contribution in [0.15, 0.2) is 12.7 Å². The van der Waals surface area contributed by atoms with Crippen molar-refractivity contribution in [2.24, 2.45) is 0 Å². The summed E-state index contributed by atoms with van der Waals surface area (Å²) in [7, 11) is 0. The molecule has 0 nitrogen and oxygen atoms in total. The summed E-state index contributed by atoms with van der Waals surface area (Å²) in [6.45, 7) is 3.09. The zero-order valence-electron chi connectivity index (χ0n) is 4.88. The SMILES string of the molecule is C=CCC(Cl)(Cl)C(F)(F)F. The van der Waals surface area contributed by atoms with Gasteiger partial charge in [0, 0.05) is 6.42 Å². The molecule has 0 rings (SSSR count). The van der Waals surface area contributed by atoms with E-state index in [4.69, 9.17) is 23.2 Å². The van der Waals surface area contributed by atoms with Gasteiger partial charge in [0.15, 0.2) is 0 Å². The van der Waals surface area contributed by atoms with E-state index in [1.54, 1.807) is 0 Å². The van der Waals surface area contributed by atoms with Crippen molar-refractivity contribution in [2.45, 2.75) is 16.9 Å². The Kier molecular flexibility index (Phi) is 3.04. The van der Waals surface area contributed by atoms with Gasteiger partial charge in [-0.15, -0.1) is 6.58 Å². The summed E-state index contributed by atoms with van der Waals surface area (Å²) in [5.41, 5.74) is 0. The van der Waals surface area contributed by atoms with Gasteiger partial charge in [0.1, 0.15) is 0 Å². The minimum atomic E-state index is -4.59. The highest BCUT2D eigenvalue weighted by atomic mass is 35.5. The number of halogens is 5. The lowest BCUT2D eigenvalue weighted by Gasteiger charge is -2.20. The van der Waals surface area contributed by atoms with Crippen molar-refractivity contribution < 1.29 is 13.2 Å². The molecule has 0 N–H and O–H groups in total. The van der Waals surface area contributed by atoms with Crippen molar-refractivity contribution >= 4 is 23.2 Å². The van der Waals surface area contributed by atoms with Crippen LogP contribution in [0.2, 0.25) is 0 Å². The highest BCUT2D eigenvalue weighted by Crippen LogP contribution is 2.42. The molecule has 10 heavy (non-hydrogen) atoms. The number of hydrogen-bond acceptors (Lipinski definition) is 0. The van der Waals surface area contributed by atoms with Crippen LogP contribution in [0.4, 0.5) is 13.2 Å². The van der Waals surface area contributed by atoms with Gasteiger partial charge in [0.25, 0.3) is 0 Å². The third kappa shape index (κ3) is 2.39. The number of rotatable bonds is 2. The van der Waals surface area contributed by atoms with E-state index in [0.29, 0.717) is 0 Å². The lowest BCUT2D eigenvalue weighted by Crippen LogP contribution is -2.33. The van der Waals surface area contributed by atoms with E-state index in [1.165, 1.54) is 0 Å². The van der Waals surface area contributed by atoms with Crippen molar-refractivity contribution in [1.29, 1.82) is 0 Å². The average molecular weight is 193 g/mol. The Bertz CT molecular complexity index is 127. The van der Waals surface area contributed by atoms with Gasteiger partial charge in [-0.3, -0.25) is 0 Å². The maximum Gasteiger partial charge on any atom is 0.421 e. The zero-order chi connectivity index (χ0) is 8.41. The third-order valence-electron chi connectivity index (χ3n) is 0.815. The molecule has 0 aromatic carbocycles. The van der Waals surface area contributed by atoms with Crippen molar-refractivity contribution in [2.75, 3.05) is 0 Å². The largest absolute Gasteiger partial charge is 0.421 e. The topological polar surface area (TPSA) is 0 Å². The quantitative estimate of drug-likeness (QED) is 0.466. The Morgan fingerprint density at radius 2 is 1.70 bits per heavy atom. The fourth-order valence-corrected chi connectivity index (χ4v) is 0.515. The second-order valence-electron chi connectivity index (χ2n) is 1.70. The molecule has 0 saturated heterocycles. The lowest BCUT2D eigenvalue weighted by molar-refractivity contribution is -0.140. The summed E-state index contributed by atoms with van der Waals surface area (Å²) in [5, 5.41) is 0. The minimum absolute atomic E-state index is 0.500. The molecule has 0 heterocycles. The van der Waals surface area contributed by atoms with Gasteiger partial charge >= 0.3 is 6.18 Å². The summed E-state index contributed by atoms with van der Waals surface area (Å²) in [6.07, 6.45) is -4.07. The number of allylic oxidation sites excluding steroid dienone is 1. The van der Waals surface area contributed by atoms with Crippen molar-refractivity contribution in [3.8, 4) is 0 Å². The molecule has 0 aliphatic carbocycles. The molecule has 0 spiro atoms. The summed E-state index contributed by atoms with van der Waals surface area (Å²) in [4.78, 5) is 0. The van der Waals surface area contributed by atoms with Gasteiger partial charge < -0.3 is 0 Å². The van der Waals surface area contributed by atoms with E-state index in [0.717, 1.165) is 6.08 Å². The predicted octanol–water partition coefficient (Wildman–Crippen LogP) is 3.30. The monoisotopic (exact) mass is 192 g/mol. The molecule has 0 aliphatic heterocycles. The molecule has 5 heteroatoms. The van der Waals surface area contributed by atoms with Crippen molar-refractivity contribution in [3.05, 3.63) is 12.7 Å². The summed E-state index contributed by atoms with van der Waals surface area (Å²) >= 11 is 9.76. The predicted molar refractivity (Wildman–Crippen MR) is 35.3 cm³/mol. The van der Waals surface area contributed by atoms with E-state index in [9.17, 15) is 13.2 Å². The molecule has 0 atom stereocenters. The second kappa shape index (κ2) is 3.01. The Morgan fingerprint density at radius 3 is 1.80 bits per heavy atom. The first-order valence-electron chi connectivity index (χ1n) is 2.36. The Labute approximate surface area is 66.6 Å². The molecule has 60 valence electrons. The van der Waals surface area contributed by atoms with Crippen LogP contribution in [0, 0.1) is 0 Å². The van der Waals surface area contributed by atoms with E-state index < -0.39 is 16.9 Å². The highest BCUT2D eigenvalue weighted by Gasteiger charge is 2.51. The van der Waals surface area contributed by atoms with E-state index in [1.807, 2.05) is 0 Å². The Balaban J connectivity index is 4.23. The standard InChI is InChI=1S/C5H5Cl2F3/c1-2-3-4(6,7)5(8,9)10/h2H,1,3H2. The zero-order valence-corrected chi connectivity index (χ0v) is 6.39. The molecule has 0 aromatic heterocycles. The molecule has 0 radical (unpaired) electrons. The Hall–Kier alpha value is 0.110. The molecule has 0 unspecified atom stereocenters. The van der Waals surface area contributed by atoms with Crippen LogP contribution in [-0.2, 0) is 0 Å². The average Bonchev–Trinajstić information content (AvgIpc) is 1.61. The first-order valence-corrected chi connectivity index (χ1v) is 3.12. The van der Waals surface area contributed by atoms with Crippen LogP contribution in [0.1, 0.15) is 6.42 Å². The van der Waals surface area contributed by atoms with E-state index in [2.05, 4.69) is 6.58 Å².